The average Bonchev–Trinajstić information content (AvgIpc) is 2.45. The highest BCUT2D eigenvalue weighted by molar-refractivity contribution is 5.91. The molecule has 88 valence electrons. The van der Waals surface area contributed by atoms with Gasteiger partial charge < -0.3 is 9.53 Å². The third kappa shape index (κ3) is 4.01. The monoisotopic (exact) mass is 222 g/mol. The lowest BCUT2D eigenvalue weighted by atomic mass is 10.1. The van der Waals surface area contributed by atoms with Gasteiger partial charge in [-0.25, -0.2) is 4.79 Å². The minimum Gasteiger partial charge on any atom is -0.454 e. The Labute approximate surface area is 96.2 Å². The smallest absolute Gasteiger partial charge is 0.334 e. The lowest BCUT2D eigenvalue weighted by molar-refractivity contribution is -0.137. The van der Waals surface area contributed by atoms with Gasteiger partial charge in [-0.05, 0) is 33.3 Å². The zero-order valence-electron chi connectivity index (χ0n) is 10.1. The summed E-state index contributed by atoms with van der Waals surface area (Å²) >= 11 is 0. The largest absolute Gasteiger partial charge is 0.454 e. The summed E-state index contributed by atoms with van der Waals surface area (Å²) in [6.07, 6.45) is 5.39. The molecule has 0 unspecified atom stereocenters. The maximum Gasteiger partial charge on any atom is 0.334 e. The second kappa shape index (κ2) is 5.64. The van der Waals surface area contributed by atoms with E-state index in [9.17, 15) is 9.59 Å². The maximum absolute atomic E-state index is 11.4. The number of allylic oxidation sites excluding steroid dienone is 2. The maximum atomic E-state index is 11.4. The summed E-state index contributed by atoms with van der Waals surface area (Å²) in [5, 5.41) is 0. The van der Waals surface area contributed by atoms with Crippen molar-refractivity contribution in [1.82, 2.24) is 0 Å². The van der Waals surface area contributed by atoms with Crippen LogP contribution in [-0.2, 0) is 14.3 Å². The summed E-state index contributed by atoms with van der Waals surface area (Å²) in [5.74, 6) is -0.102. The Morgan fingerprint density at radius 2 is 2.12 bits per heavy atom. The Bertz CT molecular complexity index is 346. The van der Waals surface area contributed by atoms with Crippen molar-refractivity contribution in [2.45, 2.75) is 46.1 Å². The molecule has 0 aromatic rings. The lowest BCUT2D eigenvalue weighted by Gasteiger charge is -2.01. The predicted molar refractivity (Wildman–Crippen MR) is 61.9 cm³/mol. The summed E-state index contributed by atoms with van der Waals surface area (Å²) < 4.78 is 5.17. The van der Waals surface area contributed by atoms with Crippen molar-refractivity contribution < 1.29 is 14.3 Å². The van der Waals surface area contributed by atoms with E-state index in [-0.39, 0.29) is 17.9 Å². The van der Waals surface area contributed by atoms with Crippen molar-refractivity contribution in [2.24, 2.45) is 0 Å². The van der Waals surface area contributed by atoms with E-state index in [4.69, 9.17) is 4.74 Å². The van der Waals surface area contributed by atoms with Crippen LogP contribution in [0.25, 0.3) is 0 Å². The van der Waals surface area contributed by atoms with Gasteiger partial charge in [0.1, 0.15) is 11.9 Å². The summed E-state index contributed by atoms with van der Waals surface area (Å²) in [5.41, 5.74) is 1.84. The van der Waals surface area contributed by atoms with Crippen molar-refractivity contribution in [3.05, 3.63) is 23.3 Å². The number of carbonyl (C=O) groups excluding carboxylic acids is 2. The zero-order valence-corrected chi connectivity index (χ0v) is 10.1. The van der Waals surface area contributed by atoms with Crippen molar-refractivity contribution in [3.8, 4) is 0 Å². The van der Waals surface area contributed by atoms with Gasteiger partial charge in [0.05, 0.1) is 0 Å². The SMILES string of the molecule is CC(=O)CC/C=C1/C[C@@H](C=C(C)C)OC1=O. The van der Waals surface area contributed by atoms with Crippen molar-refractivity contribution in [1.29, 1.82) is 0 Å². The van der Waals surface area contributed by atoms with Crippen LogP contribution >= 0.6 is 0 Å². The van der Waals surface area contributed by atoms with E-state index in [1.165, 1.54) is 0 Å². The highest BCUT2D eigenvalue weighted by atomic mass is 16.5. The number of ether oxygens (including phenoxy) is 1. The van der Waals surface area contributed by atoms with Crippen LogP contribution in [0.2, 0.25) is 0 Å². The number of rotatable bonds is 4. The Kier molecular flexibility index (Phi) is 4.47. The topological polar surface area (TPSA) is 43.4 Å². The molecule has 0 aromatic carbocycles. The van der Waals surface area contributed by atoms with Crippen molar-refractivity contribution in [3.63, 3.8) is 0 Å². The summed E-state index contributed by atoms with van der Waals surface area (Å²) in [6.45, 7) is 5.51. The zero-order chi connectivity index (χ0) is 12.1. The first-order valence-electron chi connectivity index (χ1n) is 5.53. The highest BCUT2D eigenvalue weighted by Crippen LogP contribution is 2.22. The first kappa shape index (κ1) is 12.7. The van der Waals surface area contributed by atoms with E-state index in [2.05, 4.69) is 0 Å². The number of Topliss-reactive ketones (excluding diaryl/α,β-unsaturated/α-hetero) is 1. The molecule has 0 radical (unpaired) electrons. The number of hydrogen-bond donors (Lipinski definition) is 0. The summed E-state index contributed by atoms with van der Waals surface area (Å²) in [6, 6.07) is 0. The molecule has 1 aliphatic rings. The molecule has 3 heteroatoms. The van der Waals surface area contributed by atoms with Gasteiger partial charge in [0.15, 0.2) is 0 Å². The Balaban J connectivity index is 2.54. The number of carbonyl (C=O) groups is 2. The van der Waals surface area contributed by atoms with E-state index in [1.807, 2.05) is 26.0 Å². The standard InChI is InChI=1S/C13H18O3/c1-9(2)7-12-8-11(13(15)16-12)6-4-5-10(3)14/h6-7,12H,4-5,8H2,1-3H3/b11-6-/t12-/m1/s1. The molecule has 0 aliphatic carbocycles. The fourth-order valence-corrected chi connectivity index (χ4v) is 1.64. The Morgan fingerprint density at radius 3 is 2.69 bits per heavy atom. The molecule has 1 saturated heterocycles. The first-order valence-corrected chi connectivity index (χ1v) is 5.53. The van der Waals surface area contributed by atoms with E-state index in [0.717, 1.165) is 5.57 Å². The molecule has 0 saturated carbocycles. The minimum absolute atomic E-state index is 0.124. The van der Waals surface area contributed by atoms with Gasteiger partial charge in [-0.1, -0.05) is 11.6 Å². The molecule has 1 rings (SSSR count). The van der Waals surface area contributed by atoms with E-state index in [1.54, 1.807) is 6.92 Å². The molecule has 1 atom stereocenters. The van der Waals surface area contributed by atoms with Gasteiger partial charge in [0, 0.05) is 18.4 Å². The van der Waals surface area contributed by atoms with E-state index < -0.39 is 0 Å². The van der Waals surface area contributed by atoms with Gasteiger partial charge in [-0.15, -0.1) is 0 Å². The van der Waals surface area contributed by atoms with E-state index in [0.29, 0.717) is 24.8 Å². The quantitative estimate of drug-likeness (QED) is 0.417. The first-order chi connectivity index (χ1) is 7.49. The fraction of sp³-hybridized carbons (Fsp3) is 0.538. The normalized spacial score (nSPS) is 22.1. The van der Waals surface area contributed by atoms with Crippen LogP contribution in [-0.4, -0.2) is 17.9 Å². The van der Waals surface area contributed by atoms with Gasteiger partial charge >= 0.3 is 5.97 Å². The van der Waals surface area contributed by atoms with Crippen molar-refractivity contribution in [2.75, 3.05) is 0 Å². The average molecular weight is 222 g/mol. The van der Waals surface area contributed by atoms with Gasteiger partial charge in [-0.2, -0.15) is 0 Å². The van der Waals surface area contributed by atoms with Crippen LogP contribution in [0.4, 0.5) is 0 Å². The fourth-order valence-electron chi connectivity index (χ4n) is 1.64. The number of cyclic esters (lactones) is 1. The molecule has 0 spiro atoms. The Hall–Kier alpha value is -1.38. The molecular weight excluding hydrogens is 204 g/mol. The van der Waals surface area contributed by atoms with Gasteiger partial charge in [0.25, 0.3) is 0 Å². The summed E-state index contributed by atoms with van der Waals surface area (Å²) in [7, 11) is 0. The predicted octanol–water partition coefficient (Wildman–Crippen LogP) is 2.56. The third-order valence-electron chi connectivity index (χ3n) is 2.35. The van der Waals surface area contributed by atoms with Crippen LogP contribution in [0.1, 0.15) is 40.0 Å². The second-order valence-electron chi connectivity index (χ2n) is 4.36. The molecular formula is C13H18O3. The molecule has 1 fully saturated rings. The second-order valence-corrected chi connectivity index (χ2v) is 4.36. The highest BCUT2D eigenvalue weighted by Gasteiger charge is 2.26. The minimum atomic E-state index is -0.244. The number of esters is 1. The molecule has 1 aliphatic heterocycles. The number of ketones is 1. The molecule has 3 nitrogen and oxygen atoms in total. The van der Waals surface area contributed by atoms with Crippen LogP contribution < -0.4 is 0 Å². The lowest BCUT2D eigenvalue weighted by Crippen LogP contribution is -2.02. The number of hydrogen-bond acceptors (Lipinski definition) is 3. The van der Waals surface area contributed by atoms with Crippen LogP contribution in [0.15, 0.2) is 23.3 Å². The van der Waals surface area contributed by atoms with E-state index >= 15 is 0 Å². The molecule has 0 aromatic heterocycles. The summed E-state index contributed by atoms with van der Waals surface area (Å²) in [4.78, 5) is 22.2. The molecule has 0 N–H and O–H groups in total. The van der Waals surface area contributed by atoms with Crippen LogP contribution in [0, 0.1) is 0 Å². The van der Waals surface area contributed by atoms with Crippen LogP contribution in [0.5, 0.6) is 0 Å². The Morgan fingerprint density at radius 1 is 1.44 bits per heavy atom. The molecule has 1 heterocycles. The molecule has 16 heavy (non-hydrogen) atoms. The van der Waals surface area contributed by atoms with Crippen molar-refractivity contribution >= 4 is 11.8 Å². The molecule has 0 amide bonds. The molecule has 0 bridgehead atoms. The third-order valence-corrected chi connectivity index (χ3v) is 2.35. The van der Waals surface area contributed by atoms with Gasteiger partial charge in [-0.3, -0.25) is 0 Å². The van der Waals surface area contributed by atoms with Gasteiger partial charge in [0.2, 0.25) is 0 Å². The van der Waals surface area contributed by atoms with Crippen LogP contribution in [0.3, 0.4) is 0 Å².